The Labute approximate surface area is 126 Å². The molecule has 0 radical (unpaired) electrons. The summed E-state index contributed by atoms with van der Waals surface area (Å²) in [6, 6.07) is 0. The van der Waals surface area contributed by atoms with Gasteiger partial charge in [0.1, 0.15) is 5.60 Å². The minimum Gasteiger partial charge on any atom is -0.443 e. The smallest absolute Gasteiger partial charge is 0.414 e. The third-order valence-corrected chi connectivity index (χ3v) is 3.68. The first-order valence-corrected chi connectivity index (χ1v) is 7.87. The molecule has 21 heavy (non-hydrogen) atoms. The number of likely N-dealkylation sites (tertiary alicyclic amines) is 1. The van der Waals surface area contributed by atoms with Crippen molar-refractivity contribution in [3.8, 4) is 0 Å². The van der Waals surface area contributed by atoms with Crippen LogP contribution in [0.25, 0.3) is 0 Å². The molecule has 0 unspecified atom stereocenters. The molecule has 0 N–H and O–H groups in total. The molecule has 0 atom stereocenters. The van der Waals surface area contributed by atoms with Gasteiger partial charge in [-0.2, -0.15) is 0 Å². The van der Waals surface area contributed by atoms with Crippen LogP contribution in [0.2, 0.25) is 0 Å². The van der Waals surface area contributed by atoms with E-state index >= 15 is 0 Å². The molecular formula is C16H26N2O3. The van der Waals surface area contributed by atoms with Gasteiger partial charge in [-0.25, -0.2) is 4.79 Å². The van der Waals surface area contributed by atoms with E-state index in [1.807, 2.05) is 25.7 Å². The molecule has 0 spiro atoms. The molecular weight excluding hydrogens is 268 g/mol. The lowest BCUT2D eigenvalue weighted by atomic mass is 10.1. The van der Waals surface area contributed by atoms with Gasteiger partial charge in [-0.15, -0.1) is 0 Å². The molecule has 118 valence electrons. The Hall–Kier alpha value is -1.52. The first-order chi connectivity index (χ1) is 9.87. The molecule has 0 saturated carbocycles. The third-order valence-electron chi connectivity index (χ3n) is 3.68. The second-order valence-corrected chi connectivity index (χ2v) is 6.75. The molecule has 0 bridgehead atoms. The topological polar surface area (TPSA) is 49.9 Å². The Morgan fingerprint density at radius 2 is 1.86 bits per heavy atom. The summed E-state index contributed by atoms with van der Waals surface area (Å²) < 4.78 is 5.40. The highest BCUT2D eigenvalue weighted by Crippen LogP contribution is 2.24. The molecule has 2 amide bonds. The van der Waals surface area contributed by atoms with Crippen molar-refractivity contribution in [2.24, 2.45) is 0 Å². The van der Waals surface area contributed by atoms with E-state index in [2.05, 4.69) is 0 Å². The molecule has 0 aromatic rings. The fourth-order valence-electron chi connectivity index (χ4n) is 2.70. The summed E-state index contributed by atoms with van der Waals surface area (Å²) in [5, 5.41) is 0. The first kappa shape index (κ1) is 15.9. The Morgan fingerprint density at radius 3 is 2.57 bits per heavy atom. The molecule has 1 fully saturated rings. The summed E-state index contributed by atoms with van der Waals surface area (Å²) in [6.07, 6.45) is 6.92. The van der Waals surface area contributed by atoms with E-state index in [-0.39, 0.29) is 12.0 Å². The number of nitrogens with zero attached hydrogens (tertiary/aromatic N) is 2. The Balaban J connectivity index is 2.09. The quantitative estimate of drug-likeness (QED) is 0.746. The lowest BCUT2D eigenvalue weighted by Gasteiger charge is -2.32. The van der Waals surface area contributed by atoms with Crippen LogP contribution in [0.4, 0.5) is 4.79 Å². The van der Waals surface area contributed by atoms with Crippen LogP contribution < -0.4 is 0 Å². The summed E-state index contributed by atoms with van der Waals surface area (Å²) >= 11 is 0. The van der Waals surface area contributed by atoms with Gasteiger partial charge in [0.25, 0.3) is 0 Å². The number of ether oxygens (including phenoxy) is 1. The van der Waals surface area contributed by atoms with Crippen LogP contribution in [0.3, 0.4) is 0 Å². The van der Waals surface area contributed by atoms with Gasteiger partial charge in [-0.05, 0) is 46.5 Å². The van der Waals surface area contributed by atoms with Crippen LogP contribution in [0.15, 0.2) is 11.9 Å². The maximum absolute atomic E-state index is 12.2. The van der Waals surface area contributed by atoms with Crippen LogP contribution in [0.5, 0.6) is 0 Å². The zero-order valence-corrected chi connectivity index (χ0v) is 13.4. The van der Waals surface area contributed by atoms with Crippen LogP contribution >= 0.6 is 0 Å². The average molecular weight is 294 g/mol. The van der Waals surface area contributed by atoms with Crippen molar-refractivity contribution in [3.63, 3.8) is 0 Å². The summed E-state index contributed by atoms with van der Waals surface area (Å²) in [5.74, 6) is 0.185. The van der Waals surface area contributed by atoms with Gasteiger partial charge in [0, 0.05) is 31.4 Å². The van der Waals surface area contributed by atoms with E-state index in [1.54, 1.807) is 11.1 Å². The Kier molecular flexibility index (Phi) is 4.91. The lowest BCUT2D eigenvalue weighted by molar-refractivity contribution is -0.129. The maximum atomic E-state index is 12.2. The molecule has 2 aliphatic heterocycles. The van der Waals surface area contributed by atoms with Crippen molar-refractivity contribution in [2.45, 2.75) is 64.9 Å². The third kappa shape index (κ3) is 4.48. The van der Waals surface area contributed by atoms with E-state index in [4.69, 9.17) is 4.74 Å². The predicted molar refractivity (Wildman–Crippen MR) is 80.4 cm³/mol. The van der Waals surface area contributed by atoms with Gasteiger partial charge in [0.15, 0.2) is 0 Å². The van der Waals surface area contributed by atoms with Crippen molar-refractivity contribution in [2.75, 3.05) is 13.1 Å². The molecule has 0 aliphatic carbocycles. The molecule has 5 nitrogen and oxygen atoms in total. The van der Waals surface area contributed by atoms with E-state index in [0.29, 0.717) is 13.0 Å². The highest BCUT2D eigenvalue weighted by molar-refractivity contribution is 5.78. The predicted octanol–water partition coefficient (Wildman–Crippen LogP) is 3.26. The zero-order valence-electron chi connectivity index (χ0n) is 13.4. The van der Waals surface area contributed by atoms with Crippen LogP contribution in [-0.2, 0) is 9.53 Å². The fraction of sp³-hybridized carbons (Fsp3) is 0.750. The summed E-state index contributed by atoms with van der Waals surface area (Å²) in [4.78, 5) is 27.8. The molecule has 2 aliphatic rings. The van der Waals surface area contributed by atoms with Gasteiger partial charge >= 0.3 is 6.09 Å². The van der Waals surface area contributed by atoms with Crippen molar-refractivity contribution >= 4 is 12.0 Å². The molecule has 1 saturated heterocycles. The van der Waals surface area contributed by atoms with E-state index in [9.17, 15) is 9.59 Å². The number of allylic oxidation sites excluding steroid dienone is 1. The van der Waals surface area contributed by atoms with Crippen molar-refractivity contribution in [1.82, 2.24) is 9.80 Å². The minimum atomic E-state index is -0.499. The largest absolute Gasteiger partial charge is 0.443 e. The Bertz CT molecular complexity index is 437. The van der Waals surface area contributed by atoms with Gasteiger partial charge in [0.2, 0.25) is 5.91 Å². The highest BCUT2D eigenvalue weighted by Gasteiger charge is 2.27. The number of carbonyl (C=O) groups excluding carboxylic acids is 2. The van der Waals surface area contributed by atoms with Gasteiger partial charge < -0.3 is 9.64 Å². The van der Waals surface area contributed by atoms with Crippen molar-refractivity contribution in [3.05, 3.63) is 11.9 Å². The van der Waals surface area contributed by atoms with Crippen LogP contribution in [0, 0.1) is 0 Å². The molecule has 5 heteroatoms. The van der Waals surface area contributed by atoms with Crippen LogP contribution in [-0.4, -0.2) is 40.5 Å². The number of rotatable bonds is 1. The van der Waals surface area contributed by atoms with Gasteiger partial charge in [-0.3, -0.25) is 9.69 Å². The fourth-order valence-corrected chi connectivity index (χ4v) is 2.70. The van der Waals surface area contributed by atoms with Crippen molar-refractivity contribution in [1.29, 1.82) is 0 Å². The average Bonchev–Trinajstić information content (AvgIpc) is 2.61. The number of hydrogen-bond acceptors (Lipinski definition) is 3. The molecule has 0 aromatic carbocycles. The van der Waals surface area contributed by atoms with Crippen molar-refractivity contribution < 1.29 is 14.3 Å². The SMILES string of the molecule is CC(C)(C)OC(=O)N1C=C(N2CCCCCC2=O)CCC1. The lowest BCUT2D eigenvalue weighted by Crippen LogP contribution is -2.39. The van der Waals surface area contributed by atoms with E-state index in [0.717, 1.165) is 44.3 Å². The van der Waals surface area contributed by atoms with E-state index in [1.165, 1.54) is 0 Å². The van der Waals surface area contributed by atoms with Crippen LogP contribution in [0.1, 0.15) is 59.3 Å². The number of amides is 2. The molecule has 2 heterocycles. The Morgan fingerprint density at radius 1 is 1.10 bits per heavy atom. The first-order valence-electron chi connectivity index (χ1n) is 7.87. The van der Waals surface area contributed by atoms with Gasteiger partial charge in [0.05, 0.1) is 0 Å². The number of carbonyl (C=O) groups is 2. The summed E-state index contributed by atoms with van der Waals surface area (Å²) in [6.45, 7) is 7.00. The summed E-state index contributed by atoms with van der Waals surface area (Å²) in [5.41, 5.74) is 0.458. The van der Waals surface area contributed by atoms with Gasteiger partial charge in [-0.1, -0.05) is 6.42 Å². The van der Waals surface area contributed by atoms with E-state index < -0.39 is 5.60 Å². The minimum absolute atomic E-state index is 0.185. The highest BCUT2D eigenvalue weighted by atomic mass is 16.6. The number of hydrogen-bond donors (Lipinski definition) is 0. The second-order valence-electron chi connectivity index (χ2n) is 6.75. The zero-order chi connectivity index (χ0) is 15.5. The molecule has 0 aromatic heterocycles. The standard InChI is InChI=1S/C16H26N2O3/c1-16(2,3)21-15(20)17-10-7-8-13(12-17)18-11-6-4-5-9-14(18)19/h12H,4-11H2,1-3H3. The normalized spacial score (nSPS) is 20.9. The molecule has 2 rings (SSSR count). The maximum Gasteiger partial charge on any atom is 0.414 e. The monoisotopic (exact) mass is 294 g/mol. The second kappa shape index (κ2) is 6.50. The summed E-state index contributed by atoms with van der Waals surface area (Å²) in [7, 11) is 0.